The second kappa shape index (κ2) is 6.78. The van der Waals surface area contributed by atoms with Gasteiger partial charge in [-0.3, -0.25) is 9.69 Å². The fourth-order valence-corrected chi connectivity index (χ4v) is 3.69. The van der Waals surface area contributed by atoms with Gasteiger partial charge in [0.25, 0.3) is 0 Å². The molecule has 2 aliphatic heterocycles. The molecule has 4 rings (SSSR count). The molecule has 2 heterocycles. The molecule has 0 spiro atoms. The van der Waals surface area contributed by atoms with Crippen molar-refractivity contribution in [1.82, 2.24) is 5.32 Å². The third kappa shape index (κ3) is 3.14. The Labute approximate surface area is 151 Å². The molecule has 0 aromatic heterocycles. The first-order valence-electron chi connectivity index (χ1n) is 8.84. The SMILES string of the molecule is O=C1C[C@@H](NC(=O)N2CCCc3ccccc32)CN1c1cccc(F)c1. The van der Waals surface area contributed by atoms with E-state index in [0.717, 1.165) is 24.1 Å². The Balaban J connectivity index is 1.46. The summed E-state index contributed by atoms with van der Waals surface area (Å²) in [5.74, 6) is -0.493. The lowest BCUT2D eigenvalue weighted by atomic mass is 10.0. The molecule has 0 radical (unpaired) electrons. The van der Waals surface area contributed by atoms with Crippen molar-refractivity contribution in [2.24, 2.45) is 0 Å². The molecule has 26 heavy (non-hydrogen) atoms. The monoisotopic (exact) mass is 353 g/mol. The molecule has 1 fully saturated rings. The molecule has 2 aliphatic rings. The summed E-state index contributed by atoms with van der Waals surface area (Å²) >= 11 is 0. The first kappa shape index (κ1) is 16.6. The van der Waals surface area contributed by atoms with Gasteiger partial charge in [0.05, 0.1) is 6.04 Å². The smallest absolute Gasteiger partial charge is 0.322 e. The Morgan fingerprint density at radius 2 is 2.00 bits per heavy atom. The van der Waals surface area contributed by atoms with Crippen molar-refractivity contribution in [3.63, 3.8) is 0 Å². The summed E-state index contributed by atoms with van der Waals surface area (Å²) in [4.78, 5) is 28.3. The fourth-order valence-electron chi connectivity index (χ4n) is 3.69. The number of para-hydroxylation sites is 1. The second-order valence-corrected chi connectivity index (χ2v) is 6.72. The van der Waals surface area contributed by atoms with Crippen molar-refractivity contribution in [1.29, 1.82) is 0 Å². The number of carbonyl (C=O) groups excluding carboxylic acids is 2. The van der Waals surface area contributed by atoms with Crippen LogP contribution in [0, 0.1) is 5.82 Å². The van der Waals surface area contributed by atoms with Crippen LogP contribution in [-0.4, -0.2) is 31.1 Å². The van der Waals surface area contributed by atoms with Crippen molar-refractivity contribution in [3.05, 3.63) is 59.9 Å². The molecule has 1 saturated heterocycles. The van der Waals surface area contributed by atoms with E-state index in [4.69, 9.17) is 0 Å². The van der Waals surface area contributed by atoms with Crippen LogP contribution in [0.5, 0.6) is 0 Å². The first-order valence-corrected chi connectivity index (χ1v) is 8.84. The minimum Gasteiger partial charge on any atom is -0.333 e. The number of aryl methyl sites for hydroxylation is 1. The Kier molecular flexibility index (Phi) is 4.32. The number of nitrogens with zero attached hydrogens (tertiary/aromatic N) is 2. The maximum absolute atomic E-state index is 13.4. The summed E-state index contributed by atoms with van der Waals surface area (Å²) in [7, 11) is 0. The van der Waals surface area contributed by atoms with E-state index < -0.39 is 0 Å². The van der Waals surface area contributed by atoms with Crippen LogP contribution in [0.2, 0.25) is 0 Å². The van der Waals surface area contributed by atoms with Gasteiger partial charge >= 0.3 is 6.03 Å². The number of amides is 3. The number of hydrogen-bond donors (Lipinski definition) is 1. The zero-order chi connectivity index (χ0) is 18.1. The fraction of sp³-hybridized carbons (Fsp3) is 0.300. The highest BCUT2D eigenvalue weighted by Crippen LogP contribution is 2.27. The molecular formula is C20H20FN3O2. The van der Waals surface area contributed by atoms with E-state index in [1.54, 1.807) is 17.0 Å². The standard InChI is InChI=1S/C20H20FN3O2/c21-15-7-3-8-17(11-15)24-13-16(12-19(24)25)22-20(26)23-10-4-6-14-5-1-2-9-18(14)23/h1-3,5,7-9,11,16H,4,6,10,12-13H2,(H,22,26)/t16-/m1/s1. The summed E-state index contributed by atoms with van der Waals surface area (Å²) in [5.41, 5.74) is 2.62. The highest BCUT2D eigenvalue weighted by molar-refractivity contribution is 5.98. The van der Waals surface area contributed by atoms with Crippen molar-refractivity contribution >= 4 is 23.3 Å². The number of rotatable bonds is 2. The number of nitrogens with one attached hydrogen (secondary N) is 1. The van der Waals surface area contributed by atoms with Gasteiger partial charge in [-0.25, -0.2) is 9.18 Å². The molecule has 2 aromatic carbocycles. The van der Waals surface area contributed by atoms with Gasteiger partial charge in [0.1, 0.15) is 5.82 Å². The van der Waals surface area contributed by atoms with Crippen LogP contribution in [0.4, 0.5) is 20.6 Å². The molecular weight excluding hydrogens is 333 g/mol. The molecule has 0 aliphatic carbocycles. The molecule has 6 heteroatoms. The van der Waals surface area contributed by atoms with Crippen LogP contribution in [0.15, 0.2) is 48.5 Å². The van der Waals surface area contributed by atoms with Gasteiger partial charge in [-0.1, -0.05) is 24.3 Å². The normalized spacial score (nSPS) is 19.4. The number of halogens is 1. The largest absolute Gasteiger partial charge is 0.333 e. The summed E-state index contributed by atoms with van der Waals surface area (Å²) in [6, 6.07) is 13.4. The number of carbonyl (C=O) groups is 2. The summed E-state index contributed by atoms with van der Waals surface area (Å²) in [5, 5.41) is 2.96. The van der Waals surface area contributed by atoms with Crippen LogP contribution < -0.4 is 15.1 Å². The lowest BCUT2D eigenvalue weighted by Gasteiger charge is -2.30. The van der Waals surface area contributed by atoms with E-state index in [-0.39, 0.29) is 30.2 Å². The lowest BCUT2D eigenvalue weighted by Crippen LogP contribution is -2.47. The summed E-state index contributed by atoms with van der Waals surface area (Å²) in [6.45, 7) is 1.01. The zero-order valence-corrected chi connectivity index (χ0v) is 14.3. The Morgan fingerprint density at radius 1 is 1.15 bits per heavy atom. The molecule has 2 aromatic rings. The van der Waals surface area contributed by atoms with Gasteiger partial charge in [0, 0.05) is 30.9 Å². The van der Waals surface area contributed by atoms with Crippen molar-refractivity contribution in [3.8, 4) is 0 Å². The molecule has 0 bridgehead atoms. The Morgan fingerprint density at radius 3 is 2.85 bits per heavy atom. The van der Waals surface area contributed by atoms with Gasteiger partial charge in [-0.05, 0) is 42.7 Å². The van der Waals surface area contributed by atoms with Crippen molar-refractivity contribution in [2.75, 3.05) is 22.9 Å². The number of hydrogen-bond acceptors (Lipinski definition) is 2. The number of anilines is 2. The van der Waals surface area contributed by atoms with E-state index >= 15 is 0 Å². The van der Waals surface area contributed by atoms with Gasteiger partial charge in [0.2, 0.25) is 5.91 Å². The van der Waals surface area contributed by atoms with E-state index in [1.165, 1.54) is 17.0 Å². The molecule has 134 valence electrons. The lowest BCUT2D eigenvalue weighted by molar-refractivity contribution is -0.117. The molecule has 5 nitrogen and oxygen atoms in total. The van der Waals surface area contributed by atoms with Crippen LogP contribution in [-0.2, 0) is 11.2 Å². The van der Waals surface area contributed by atoms with Gasteiger partial charge in [0.15, 0.2) is 0 Å². The maximum Gasteiger partial charge on any atom is 0.322 e. The minimum atomic E-state index is -0.382. The average Bonchev–Trinajstić information content (AvgIpc) is 3.01. The molecule has 1 N–H and O–H groups in total. The summed E-state index contributed by atoms with van der Waals surface area (Å²) < 4.78 is 13.4. The van der Waals surface area contributed by atoms with E-state index in [0.29, 0.717) is 18.8 Å². The van der Waals surface area contributed by atoms with Crippen LogP contribution in [0.3, 0.4) is 0 Å². The van der Waals surface area contributed by atoms with Gasteiger partial charge < -0.3 is 10.2 Å². The molecule has 0 saturated carbocycles. The van der Waals surface area contributed by atoms with Crippen LogP contribution in [0.1, 0.15) is 18.4 Å². The highest BCUT2D eigenvalue weighted by atomic mass is 19.1. The van der Waals surface area contributed by atoms with Crippen LogP contribution >= 0.6 is 0 Å². The number of benzene rings is 2. The third-order valence-corrected chi connectivity index (χ3v) is 4.93. The van der Waals surface area contributed by atoms with E-state index in [2.05, 4.69) is 5.32 Å². The predicted molar refractivity (Wildman–Crippen MR) is 97.8 cm³/mol. The van der Waals surface area contributed by atoms with Gasteiger partial charge in [-0.15, -0.1) is 0 Å². The first-order chi connectivity index (χ1) is 12.6. The van der Waals surface area contributed by atoms with E-state index in [9.17, 15) is 14.0 Å². The predicted octanol–water partition coefficient (Wildman–Crippen LogP) is 3.09. The Hall–Kier alpha value is -2.89. The summed E-state index contributed by atoms with van der Waals surface area (Å²) in [6.07, 6.45) is 2.11. The van der Waals surface area contributed by atoms with Gasteiger partial charge in [-0.2, -0.15) is 0 Å². The minimum absolute atomic E-state index is 0.111. The van der Waals surface area contributed by atoms with E-state index in [1.807, 2.05) is 24.3 Å². The zero-order valence-electron chi connectivity index (χ0n) is 14.3. The maximum atomic E-state index is 13.4. The quantitative estimate of drug-likeness (QED) is 0.902. The molecule has 0 unspecified atom stereocenters. The van der Waals surface area contributed by atoms with Crippen LogP contribution in [0.25, 0.3) is 0 Å². The number of fused-ring (bicyclic) bond motifs is 1. The molecule has 1 atom stereocenters. The third-order valence-electron chi connectivity index (χ3n) is 4.93. The number of urea groups is 1. The second-order valence-electron chi connectivity index (χ2n) is 6.72. The average molecular weight is 353 g/mol. The van der Waals surface area contributed by atoms with Crippen molar-refractivity contribution < 1.29 is 14.0 Å². The van der Waals surface area contributed by atoms with Crippen molar-refractivity contribution in [2.45, 2.75) is 25.3 Å². The highest BCUT2D eigenvalue weighted by Gasteiger charge is 2.33. The Bertz CT molecular complexity index is 854. The molecule has 3 amide bonds. The topological polar surface area (TPSA) is 52.7 Å².